The highest BCUT2D eigenvalue weighted by atomic mass is 16.4. The van der Waals surface area contributed by atoms with Gasteiger partial charge < -0.3 is 20.4 Å². The van der Waals surface area contributed by atoms with Gasteiger partial charge in [-0.3, -0.25) is 0 Å². The van der Waals surface area contributed by atoms with Crippen molar-refractivity contribution in [2.75, 3.05) is 13.2 Å². The summed E-state index contributed by atoms with van der Waals surface area (Å²) < 4.78 is 0. The summed E-state index contributed by atoms with van der Waals surface area (Å²) in [5.74, 6) is -1.87. The molecule has 22 heavy (non-hydrogen) atoms. The molecule has 6 heteroatoms. The van der Waals surface area contributed by atoms with Gasteiger partial charge in [-0.15, -0.1) is 39.5 Å². The molecule has 0 aliphatic carbocycles. The van der Waals surface area contributed by atoms with E-state index in [-0.39, 0.29) is 24.4 Å². The second kappa shape index (κ2) is 42.8. The van der Waals surface area contributed by atoms with Crippen molar-refractivity contribution in [3.05, 3.63) is 63.8 Å². The highest BCUT2D eigenvalue weighted by Crippen LogP contribution is 1.81. The van der Waals surface area contributed by atoms with Crippen LogP contribution in [0.5, 0.6) is 0 Å². The van der Waals surface area contributed by atoms with E-state index in [0.717, 1.165) is 0 Å². The molecule has 0 rings (SSSR count). The van der Waals surface area contributed by atoms with Crippen LogP contribution in [0.2, 0.25) is 0 Å². The molecule has 4 N–H and O–H groups in total. The quantitative estimate of drug-likeness (QED) is 0.470. The standard InChI is InChI=1S/2C4H6O2.C2H6O2.3C2H4/c2*1-3(2)4(5)6;3-1-2-4;3*1-2/h2*1H2,2H3,(H,5,6);3-4H,1-2H2;3*1-2H2. The van der Waals surface area contributed by atoms with E-state index in [9.17, 15) is 9.59 Å². The Balaban J connectivity index is -0.0000000377. The molecule has 0 unspecified atom stereocenters. The molecule has 0 radical (unpaired) electrons. The van der Waals surface area contributed by atoms with Gasteiger partial charge in [-0.05, 0) is 13.8 Å². The van der Waals surface area contributed by atoms with Crippen molar-refractivity contribution in [3.63, 3.8) is 0 Å². The van der Waals surface area contributed by atoms with Crippen LogP contribution in [0.4, 0.5) is 0 Å². The molecule has 130 valence electrons. The van der Waals surface area contributed by atoms with Crippen LogP contribution in [-0.4, -0.2) is 45.6 Å². The van der Waals surface area contributed by atoms with Crippen LogP contribution in [0.3, 0.4) is 0 Å². The van der Waals surface area contributed by atoms with Crippen LogP contribution in [0.1, 0.15) is 13.8 Å². The minimum absolute atomic E-state index is 0.125. The van der Waals surface area contributed by atoms with Crippen molar-refractivity contribution in [1.29, 1.82) is 0 Å². The van der Waals surface area contributed by atoms with E-state index in [1.807, 2.05) is 0 Å². The molecule has 0 atom stereocenters. The Kier molecular flexibility index (Phi) is 71.3. The third-order valence-corrected chi connectivity index (χ3v) is 0.830. The Morgan fingerprint density at radius 1 is 0.682 bits per heavy atom. The second-order valence-electron chi connectivity index (χ2n) is 2.62. The van der Waals surface area contributed by atoms with Crippen LogP contribution in [0.25, 0.3) is 0 Å². The van der Waals surface area contributed by atoms with Gasteiger partial charge in [-0.1, -0.05) is 13.2 Å². The lowest BCUT2D eigenvalue weighted by molar-refractivity contribution is -0.133. The number of rotatable bonds is 3. The molecule has 0 spiro atoms. The lowest BCUT2D eigenvalue weighted by atomic mass is 10.4. The lowest BCUT2D eigenvalue weighted by Gasteiger charge is -1.79. The number of carboxylic acid groups (broad SMARTS) is 2. The van der Waals surface area contributed by atoms with E-state index in [1.54, 1.807) is 0 Å². The Morgan fingerprint density at radius 3 is 0.773 bits per heavy atom. The Labute approximate surface area is 133 Å². The van der Waals surface area contributed by atoms with Crippen LogP contribution in [0, 0.1) is 0 Å². The van der Waals surface area contributed by atoms with Gasteiger partial charge in [-0.25, -0.2) is 9.59 Å². The third-order valence-electron chi connectivity index (χ3n) is 0.830. The summed E-state index contributed by atoms with van der Waals surface area (Å²) in [5.41, 5.74) is 0.352. The zero-order valence-corrected chi connectivity index (χ0v) is 13.7. The maximum absolute atomic E-state index is 9.60. The van der Waals surface area contributed by atoms with Crippen LogP contribution in [-0.2, 0) is 9.59 Å². The fourth-order valence-electron chi connectivity index (χ4n) is 0. The number of hydrogen-bond acceptors (Lipinski definition) is 4. The largest absolute Gasteiger partial charge is 0.478 e. The minimum Gasteiger partial charge on any atom is -0.478 e. The van der Waals surface area contributed by atoms with Crippen molar-refractivity contribution < 1.29 is 30.0 Å². The predicted octanol–water partition coefficient (Wildman–Crippen LogP) is 2.67. The highest BCUT2D eigenvalue weighted by Gasteiger charge is 1.90. The first kappa shape index (κ1) is 36.6. The summed E-state index contributed by atoms with van der Waals surface area (Å²) in [5, 5.41) is 31.0. The van der Waals surface area contributed by atoms with Crippen LogP contribution in [0.15, 0.2) is 63.8 Å². The van der Waals surface area contributed by atoms with Gasteiger partial charge >= 0.3 is 11.9 Å². The molecule has 0 saturated carbocycles. The zero-order chi connectivity index (χ0) is 19.7. The molecule has 0 aliphatic rings. The average molecular weight is 318 g/mol. The number of aliphatic carboxylic acids is 2. The number of carboxylic acids is 2. The average Bonchev–Trinajstić information content (AvgIpc) is 2.53. The first-order chi connectivity index (χ1) is 10.2. The van der Waals surface area contributed by atoms with Crippen LogP contribution < -0.4 is 0 Å². The smallest absolute Gasteiger partial charge is 0.330 e. The Bertz CT molecular complexity index is 230. The van der Waals surface area contributed by atoms with Gasteiger partial charge in [0.05, 0.1) is 13.2 Å². The molecular formula is C16H30O6. The maximum atomic E-state index is 9.60. The topological polar surface area (TPSA) is 115 Å². The fourth-order valence-corrected chi connectivity index (χ4v) is 0. The number of aliphatic hydroxyl groups excluding tert-OH is 2. The van der Waals surface area contributed by atoms with E-state index >= 15 is 0 Å². The molecule has 0 aromatic heterocycles. The Hall–Kier alpha value is -2.44. The normalized spacial score (nSPS) is 6.00. The van der Waals surface area contributed by atoms with Gasteiger partial charge in [0.2, 0.25) is 0 Å². The van der Waals surface area contributed by atoms with Gasteiger partial charge in [0.1, 0.15) is 0 Å². The number of hydrogen-bond donors (Lipinski definition) is 4. The molecule has 0 fully saturated rings. The summed E-state index contributed by atoms with van der Waals surface area (Å²) in [6.07, 6.45) is 0. The molecule has 0 amide bonds. The van der Waals surface area contributed by atoms with E-state index in [0.29, 0.717) is 0 Å². The van der Waals surface area contributed by atoms with E-state index < -0.39 is 11.9 Å². The van der Waals surface area contributed by atoms with Gasteiger partial charge in [0, 0.05) is 11.1 Å². The molecule has 0 aliphatic heterocycles. The Morgan fingerprint density at radius 2 is 0.773 bits per heavy atom. The first-order valence-electron chi connectivity index (χ1n) is 5.70. The van der Waals surface area contributed by atoms with E-state index in [2.05, 4.69) is 52.6 Å². The molecule has 6 nitrogen and oxygen atoms in total. The summed E-state index contributed by atoms with van der Waals surface area (Å²) in [6.45, 7) is 27.0. The molecule has 0 aromatic rings. The van der Waals surface area contributed by atoms with Crippen molar-refractivity contribution in [2.45, 2.75) is 13.8 Å². The zero-order valence-electron chi connectivity index (χ0n) is 13.7. The van der Waals surface area contributed by atoms with Crippen molar-refractivity contribution in [3.8, 4) is 0 Å². The minimum atomic E-state index is -0.935. The van der Waals surface area contributed by atoms with Gasteiger partial charge in [-0.2, -0.15) is 0 Å². The SMILES string of the molecule is C=C.C=C.C=C.C=C(C)C(=O)O.C=C(C)C(=O)O.OCCO. The van der Waals surface area contributed by atoms with Crippen molar-refractivity contribution in [2.24, 2.45) is 0 Å². The summed E-state index contributed by atoms with van der Waals surface area (Å²) in [6, 6.07) is 0. The number of aliphatic hydroxyl groups is 2. The molecule has 0 saturated heterocycles. The molecule has 0 aromatic carbocycles. The third kappa shape index (κ3) is 112. The summed E-state index contributed by atoms with van der Waals surface area (Å²) >= 11 is 0. The monoisotopic (exact) mass is 318 g/mol. The van der Waals surface area contributed by atoms with E-state index in [4.69, 9.17) is 20.4 Å². The highest BCUT2D eigenvalue weighted by molar-refractivity contribution is 5.85. The van der Waals surface area contributed by atoms with Crippen LogP contribution >= 0.6 is 0 Å². The maximum Gasteiger partial charge on any atom is 0.330 e. The molecule has 0 heterocycles. The second-order valence-corrected chi connectivity index (χ2v) is 2.62. The van der Waals surface area contributed by atoms with Gasteiger partial charge in [0.25, 0.3) is 0 Å². The summed E-state index contributed by atoms with van der Waals surface area (Å²) in [4.78, 5) is 19.2. The van der Waals surface area contributed by atoms with Gasteiger partial charge in [0.15, 0.2) is 0 Å². The molecule has 0 bridgehead atoms. The predicted molar refractivity (Wildman–Crippen MR) is 92.8 cm³/mol. The lowest BCUT2D eigenvalue weighted by Crippen LogP contribution is -1.92. The number of carbonyl (C=O) groups is 2. The van der Waals surface area contributed by atoms with Crippen molar-refractivity contribution in [1.82, 2.24) is 0 Å². The molecular weight excluding hydrogens is 288 g/mol. The fraction of sp³-hybridized carbons (Fsp3) is 0.250. The van der Waals surface area contributed by atoms with Crippen molar-refractivity contribution >= 4 is 11.9 Å². The summed E-state index contributed by atoms with van der Waals surface area (Å²) in [7, 11) is 0. The first-order valence-corrected chi connectivity index (χ1v) is 5.70. The van der Waals surface area contributed by atoms with E-state index in [1.165, 1.54) is 13.8 Å².